The molecule has 1 amide bonds. The van der Waals surface area contributed by atoms with Crippen molar-refractivity contribution >= 4 is 18.3 Å². The summed E-state index contributed by atoms with van der Waals surface area (Å²) in [7, 11) is 0. The molecule has 19 heavy (non-hydrogen) atoms. The maximum Gasteiger partial charge on any atom is 0.258 e. The molecule has 4 nitrogen and oxygen atoms in total. The predicted molar refractivity (Wildman–Crippen MR) is 70.4 cm³/mol. The molecule has 0 unspecified atom stereocenters. The largest absolute Gasteiger partial charge is 0.481 e. The Kier molecular flexibility index (Phi) is 6.72. The van der Waals surface area contributed by atoms with Crippen LogP contribution in [0, 0.1) is 11.6 Å². The fourth-order valence-electron chi connectivity index (χ4n) is 1.11. The van der Waals surface area contributed by atoms with Crippen LogP contribution in [0.3, 0.4) is 0 Å². The minimum atomic E-state index is -0.845. The lowest BCUT2D eigenvalue weighted by Crippen LogP contribution is -2.46. The van der Waals surface area contributed by atoms with E-state index in [9.17, 15) is 13.6 Å². The Bertz CT molecular complexity index is 436. The van der Waals surface area contributed by atoms with Crippen molar-refractivity contribution in [1.82, 2.24) is 5.32 Å². The van der Waals surface area contributed by atoms with Crippen LogP contribution in [0.5, 0.6) is 5.75 Å². The smallest absolute Gasteiger partial charge is 0.258 e. The van der Waals surface area contributed by atoms with Gasteiger partial charge in [-0.05, 0) is 26.0 Å². The summed E-state index contributed by atoms with van der Waals surface area (Å²) >= 11 is 0. The highest BCUT2D eigenvalue weighted by Crippen LogP contribution is 2.17. The first-order chi connectivity index (χ1) is 8.28. The molecule has 0 atom stereocenters. The van der Waals surface area contributed by atoms with Crippen LogP contribution in [0.2, 0.25) is 0 Å². The van der Waals surface area contributed by atoms with Gasteiger partial charge in [-0.1, -0.05) is 0 Å². The normalized spacial score (nSPS) is 10.6. The number of carbonyl (C=O) groups is 1. The van der Waals surface area contributed by atoms with Crippen molar-refractivity contribution in [2.24, 2.45) is 5.73 Å². The topological polar surface area (TPSA) is 64.3 Å². The van der Waals surface area contributed by atoms with Gasteiger partial charge in [0.1, 0.15) is 5.82 Å². The number of nitrogens with two attached hydrogens (primary N) is 1. The SMILES string of the molecule is CC(C)(N)CNC(=O)COc1ccc(F)cc1F.Cl. The first-order valence-electron chi connectivity index (χ1n) is 5.41. The number of halogens is 3. The number of hydrogen-bond acceptors (Lipinski definition) is 3. The quantitative estimate of drug-likeness (QED) is 0.867. The minimum Gasteiger partial charge on any atom is -0.481 e. The molecular weight excluding hydrogens is 278 g/mol. The van der Waals surface area contributed by atoms with E-state index < -0.39 is 23.1 Å². The zero-order valence-electron chi connectivity index (χ0n) is 10.7. The zero-order chi connectivity index (χ0) is 13.8. The summed E-state index contributed by atoms with van der Waals surface area (Å²) in [6.07, 6.45) is 0. The van der Waals surface area contributed by atoms with E-state index in [1.165, 1.54) is 0 Å². The first kappa shape index (κ1) is 17.6. The molecule has 0 aliphatic heterocycles. The van der Waals surface area contributed by atoms with E-state index in [0.29, 0.717) is 6.07 Å². The third-order valence-electron chi connectivity index (χ3n) is 1.99. The second-order valence-corrected chi connectivity index (χ2v) is 4.63. The van der Waals surface area contributed by atoms with Crippen LogP contribution in [-0.2, 0) is 4.79 Å². The number of benzene rings is 1. The molecule has 0 radical (unpaired) electrons. The molecule has 0 aliphatic carbocycles. The van der Waals surface area contributed by atoms with Crippen LogP contribution in [0.1, 0.15) is 13.8 Å². The van der Waals surface area contributed by atoms with Crippen LogP contribution >= 0.6 is 12.4 Å². The van der Waals surface area contributed by atoms with Crippen LogP contribution in [0.4, 0.5) is 8.78 Å². The Balaban J connectivity index is 0.00000324. The number of nitrogens with one attached hydrogen (secondary N) is 1. The molecule has 1 rings (SSSR count). The monoisotopic (exact) mass is 294 g/mol. The number of ether oxygens (including phenoxy) is 1. The third-order valence-corrected chi connectivity index (χ3v) is 1.99. The van der Waals surface area contributed by atoms with E-state index in [2.05, 4.69) is 5.32 Å². The maximum atomic E-state index is 13.2. The van der Waals surface area contributed by atoms with Crippen molar-refractivity contribution in [3.8, 4) is 5.75 Å². The van der Waals surface area contributed by atoms with Gasteiger partial charge in [-0.2, -0.15) is 0 Å². The predicted octanol–water partition coefficient (Wildman–Crippen LogP) is 1.62. The van der Waals surface area contributed by atoms with E-state index in [0.717, 1.165) is 12.1 Å². The van der Waals surface area contributed by atoms with E-state index in [1.54, 1.807) is 13.8 Å². The van der Waals surface area contributed by atoms with Gasteiger partial charge in [0.15, 0.2) is 18.2 Å². The molecule has 0 fully saturated rings. The van der Waals surface area contributed by atoms with E-state index in [4.69, 9.17) is 10.5 Å². The van der Waals surface area contributed by atoms with Gasteiger partial charge in [0.05, 0.1) is 0 Å². The van der Waals surface area contributed by atoms with Crippen molar-refractivity contribution in [3.05, 3.63) is 29.8 Å². The standard InChI is InChI=1S/C12H16F2N2O2.ClH/c1-12(2,15)7-16-11(17)6-18-10-4-3-8(13)5-9(10)14;/h3-5H,6-7,15H2,1-2H3,(H,16,17);1H. The summed E-state index contributed by atoms with van der Waals surface area (Å²) in [4.78, 5) is 11.4. The summed E-state index contributed by atoms with van der Waals surface area (Å²) in [5.41, 5.74) is 5.14. The minimum absolute atomic E-state index is 0. The highest BCUT2D eigenvalue weighted by molar-refractivity contribution is 5.85. The lowest BCUT2D eigenvalue weighted by molar-refractivity contribution is -0.123. The number of rotatable bonds is 5. The fourth-order valence-corrected chi connectivity index (χ4v) is 1.11. The average molecular weight is 295 g/mol. The molecule has 3 N–H and O–H groups in total. The lowest BCUT2D eigenvalue weighted by Gasteiger charge is -2.18. The molecule has 0 spiro atoms. The van der Waals surface area contributed by atoms with Crippen molar-refractivity contribution in [2.75, 3.05) is 13.2 Å². The second-order valence-electron chi connectivity index (χ2n) is 4.63. The Hall–Kier alpha value is -1.40. The molecule has 7 heteroatoms. The van der Waals surface area contributed by atoms with Crippen LogP contribution in [0.25, 0.3) is 0 Å². The van der Waals surface area contributed by atoms with Gasteiger partial charge in [-0.25, -0.2) is 8.78 Å². The molecule has 0 heterocycles. The Morgan fingerprint density at radius 3 is 2.58 bits per heavy atom. The van der Waals surface area contributed by atoms with Gasteiger partial charge >= 0.3 is 0 Å². The third kappa shape index (κ3) is 6.93. The Labute approximate surface area is 116 Å². The summed E-state index contributed by atoms with van der Waals surface area (Å²) in [6, 6.07) is 2.88. The van der Waals surface area contributed by atoms with Crippen LogP contribution < -0.4 is 15.8 Å². The highest BCUT2D eigenvalue weighted by atomic mass is 35.5. The fraction of sp³-hybridized carbons (Fsp3) is 0.417. The van der Waals surface area contributed by atoms with Gasteiger partial charge in [-0.3, -0.25) is 4.79 Å². The molecule has 0 saturated heterocycles. The summed E-state index contributed by atoms with van der Waals surface area (Å²) in [6.45, 7) is 3.45. The molecule has 0 saturated carbocycles. The molecule has 0 aromatic heterocycles. The summed E-state index contributed by atoms with van der Waals surface area (Å²) in [5, 5.41) is 2.54. The second kappa shape index (κ2) is 7.25. The van der Waals surface area contributed by atoms with Crippen molar-refractivity contribution in [1.29, 1.82) is 0 Å². The van der Waals surface area contributed by atoms with Gasteiger partial charge in [-0.15, -0.1) is 12.4 Å². The molecule has 0 bridgehead atoms. The lowest BCUT2D eigenvalue weighted by atomic mass is 10.1. The first-order valence-corrected chi connectivity index (χ1v) is 5.41. The number of hydrogen-bond donors (Lipinski definition) is 2. The molecule has 108 valence electrons. The average Bonchev–Trinajstić information content (AvgIpc) is 2.24. The van der Waals surface area contributed by atoms with Crippen molar-refractivity contribution < 1.29 is 18.3 Å². The summed E-state index contributed by atoms with van der Waals surface area (Å²) < 4.78 is 30.7. The van der Waals surface area contributed by atoms with E-state index in [-0.39, 0.29) is 31.3 Å². The molecule has 0 aliphatic rings. The van der Waals surface area contributed by atoms with E-state index in [1.807, 2.05) is 0 Å². The van der Waals surface area contributed by atoms with Crippen LogP contribution in [-0.4, -0.2) is 24.6 Å². The Morgan fingerprint density at radius 1 is 1.42 bits per heavy atom. The highest BCUT2D eigenvalue weighted by Gasteiger charge is 2.13. The maximum absolute atomic E-state index is 13.2. The van der Waals surface area contributed by atoms with Crippen molar-refractivity contribution in [2.45, 2.75) is 19.4 Å². The Morgan fingerprint density at radius 2 is 2.05 bits per heavy atom. The van der Waals surface area contributed by atoms with E-state index >= 15 is 0 Å². The van der Waals surface area contributed by atoms with Crippen LogP contribution in [0.15, 0.2) is 18.2 Å². The zero-order valence-corrected chi connectivity index (χ0v) is 11.5. The molecule has 1 aromatic rings. The van der Waals surface area contributed by atoms with Gasteiger partial charge in [0.25, 0.3) is 5.91 Å². The van der Waals surface area contributed by atoms with Crippen molar-refractivity contribution in [3.63, 3.8) is 0 Å². The van der Waals surface area contributed by atoms with Gasteiger partial charge < -0.3 is 15.8 Å². The van der Waals surface area contributed by atoms with Gasteiger partial charge in [0, 0.05) is 18.2 Å². The molecule has 1 aromatic carbocycles. The number of amides is 1. The number of carbonyl (C=O) groups excluding carboxylic acids is 1. The molecular formula is C12H17ClF2N2O2. The van der Waals surface area contributed by atoms with Gasteiger partial charge in [0.2, 0.25) is 0 Å². The summed E-state index contributed by atoms with van der Waals surface area (Å²) in [5.74, 6) is -2.13.